The molecule has 1 heterocycles. The van der Waals surface area contributed by atoms with Crippen molar-refractivity contribution in [1.82, 2.24) is 4.98 Å². The summed E-state index contributed by atoms with van der Waals surface area (Å²) in [6.45, 7) is 5.97. The molecule has 0 spiro atoms. The first-order chi connectivity index (χ1) is 11.0. The highest BCUT2D eigenvalue weighted by Gasteiger charge is 2.17. The molecule has 3 rings (SSSR count). The molecule has 1 N–H and O–H groups in total. The van der Waals surface area contributed by atoms with Gasteiger partial charge in [-0.25, -0.2) is 4.98 Å². The first-order valence-electron chi connectivity index (χ1n) is 7.43. The van der Waals surface area contributed by atoms with Gasteiger partial charge in [0.15, 0.2) is 4.34 Å². The van der Waals surface area contributed by atoms with E-state index in [1.165, 1.54) is 17.3 Å². The number of aromatic nitrogens is 1. The fourth-order valence-corrected chi connectivity index (χ4v) is 4.51. The highest BCUT2D eigenvalue weighted by atomic mass is 32.2. The number of fused-ring (bicyclic) bond motifs is 1. The lowest BCUT2D eigenvalue weighted by molar-refractivity contribution is -0.115. The number of carbonyl (C=O) groups excluding carboxylic acids is 1. The van der Waals surface area contributed by atoms with Gasteiger partial charge in [-0.2, -0.15) is 0 Å². The van der Waals surface area contributed by atoms with Gasteiger partial charge in [0, 0.05) is 5.69 Å². The molecule has 1 unspecified atom stereocenters. The van der Waals surface area contributed by atoms with Gasteiger partial charge in [-0.3, -0.25) is 4.79 Å². The molecule has 118 valence electrons. The average Bonchev–Trinajstić information content (AvgIpc) is 2.92. The summed E-state index contributed by atoms with van der Waals surface area (Å²) in [7, 11) is 0. The Bertz CT molecular complexity index is 824. The van der Waals surface area contributed by atoms with Gasteiger partial charge in [0.2, 0.25) is 5.91 Å². The van der Waals surface area contributed by atoms with Crippen molar-refractivity contribution in [2.75, 3.05) is 5.32 Å². The summed E-state index contributed by atoms with van der Waals surface area (Å²) in [4.78, 5) is 17.0. The fourth-order valence-electron chi connectivity index (χ4n) is 2.29. The van der Waals surface area contributed by atoms with Crippen LogP contribution in [0.25, 0.3) is 10.2 Å². The Kier molecular flexibility index (Phi) is 4.68. The number of aryl methyl sites for hydroxylation is 2. The van der Waals surface area contributed by atoms with Gasteiger partial charge in [-0.1, -0.05) is 41.6 Å². The number of amides is 1. The summed E-state index contributed by atoms with van der Waals surface area (Å²) < 4.78 is 2.08. The Morgan fingerprint density at radius 1 is 1.22 bits per heavy atom. The zero-order valence-corrected chi connectivity index (χ0v) is 14.9. The molecule has 2 aromatic carbocycles. The summed E-state index contributed by atoms with van der Waals surface area (Å²) in [5.74, 6) is 0.00112. The number of carbonyl (C=O) groups is 1. The minimum atomic E-state index is -0.198. The number of thioether (sulfide) groups is 1. The SMILES string of the molecule is Cc1ccc(NC(=O)C(C)Sc2nc3ccccc3s2)c(C)c1. The van der Waals surface area contributed by atoms with Crippen LogP contribution in [0.5, 0.6) is 0 Å². The fraction of sp³-hybridized carbons (Fsp3) is 0.222. The van der Waals surface area contributed by atoms with E-state index < -0.39 is 0 Å². The second-order valence-corrected chi connectivity index (χ2v) is 8.13. The van der Waals surface area contributed by atoms with Gasteiger partial charge in [0.1, 0.15) is 0 Å². The minimum Gasteiger partial charge on any atom is -0.325 e. The van der Waals surface area contributed by atoms with E-state index in [0.29, 0.717) is 0 Å². The highest BCUT2D eigenvalue weighted by molar-refractivity contribution is 8.02. The van der Waals surface area contributed by atoms with Gasteiger partial charge >= 0.3 is 0 Å². The lowest BCUT2D eigenvalue weighted by Gasteiger charge is -2.12. The van der Waals surface area contributed by atoms with Crippen molar-refractivity contribution >= 4 is 44.9 Å². The molecule has 0 fully saturated rings. The van der Waals surface area contributed by atoms with Crippen LogP contribution >= 0.6 is 23.1 Å². The Labute approximate surface area is 144 Å². The van der Waals surface area contributed by atoms with Crippen molar-refractivity contribution < 1.29 is 4.79 Å². The van der Waals surface area contributed by atoms with Crippen LogP contribution in [-0.4, -0.2) is 16.1 Å². The smallest absolute Gasteiger partial charge is 0.237 e. The average molecular weight is 342 g/mol. The van der Waals surface area contributed by atoms with Crippen molar-refractivity contribution in [3.8, 4) is 0 Å². The normalized spacial score (nSPS) is 12.3. The predicted molar refractivity (Wildman–Crippen MR) is 99.5 cm³/mol. The summed E-state index contributed by atoms with van der Waals surface area (Å²) >= 11 is 3.13. The molecule has 0 bridgehead atoms. The Hall–Kier alpha value is -1.85. The summed E-state index contributed by atoms with van der Waals surface area (Å²) in [6, 6.07) is 14.1. The summed E-state index contributed by atoms with van der Waals surface area (Å²) in [5.41, 5.74) is 4.13. The number of rotatable bonds is 4. The topological polar surface area (TPSA) is 42.0 Å². The van der Waals surface area contributed by atoms with E-state index in [2.05, 4.69) is 22.4 Å². The predicted octanol–water partition coefficient (Wildman–Crippen LogP) is 5.03. The van der Waals surface area contributed by atoms with Gasteiger partial charge in [0.25, 0.3) is 0 Å². The number of nitrogens with one attached hydrogen (secondary N) is 1. The van der Waals surface area contributed by atoms with E-state index >= 15 is 0 Å². The molecule has 0 saturated heterocycles. The molecule has 1 amide bonds. The zero-order chi connectivity index (χ0) is 16.4. The number of benzene rings is 2. The number of thiazole rings is 1. The molecule has 0 saturated carbocycles. The lowest BCUT2D eigenvalue weighted by Crippen LogP contribution is -2.22. The number of nitrogens with zero attached hydrogens (tertiary/aromatic N) is 1. The monoisotopic (exact) mass is 342 g/mol. The standard InChI is InChI=1S/C18H18N2OS2/c1-11-8-9-14(12(2)10-11)19-17(21)13(3)22-18-20-15-6-4-5-7-16(15)23-18/h4-10,13H,1-3H3,(H,19,21). The van der Waals surface area contributed by atoms with Crippen LogP contribution in [0.4, 0.5) is 5.69 Å². The number of hydrogen-bond acceptors (Lipinski definition) is 4. The van der Waals surface area contributed by atoms with Crippen LogP contribution in [-0.2, 0) is 4.79 Å². The quantitative estimate of drug-likeness (QED) is 0.676. The van der Waals surface area contributed by atoms with Crippen LogP contribution in [0.1, 0.15) is 18.1 Å². The van der Waals surface area contributed by atoms with E-state index in [-0.39, 0.29) is 11.2 Å². The van der Waals surface area contributed by atoms with Crippen LogP contribution in [0.15, 0.2) is 46.8 Å². The Morgan fingerprint density at radius 2 is 2.00 bits per heavy atom. The first-order valence-corrected chi connectivity index (χ1v) is 9.13. The zero-order valence-electron chi connectivity index (χ0n) is 13.3. The van der Waals surface area contributed by atoms with Crippen molar-refractivity contribution in [3.05, 3.63) is 53.6 Å². The molecule has 23 heavy (non-hydrogen) atoms. The van der Waals surface area contributed by atoms with E-state index in [0.717, 1.165) is 25.8 Å². The number of para-hydroxylation sites is 1. The molecule has 5 heteroatoms. The molecule has 0 aliphatic rings. The Morgan fingerprint density at radius 3 is 2.74 bits per heavy atom. The molecule has 3 aromatic rings. The van der Waals surface area contributed by atoms with Crippen molar-refractivity contribution in [3.63, 3.8) is 0 Å². The third-order valence-corrected chi connectivity index (χ3v) is 5.79. The number of anilines is 1. The van der Waals surface area contributed by atoms with Crippen LogP contribution in [0, 0.1) is 13.8 Å². The molecular weight excluding hydrogens is 324 g/mol. The van der Waals surface area contributed by atoms with Gasteiger partial charge in [-0.15, -0.1) is 11.3 Å². The van der Waals surface area contributed by atoms with Gasteiger partial charge in [-0.05, 0) is 44.5 Å². The van der Waals surface area contributed by atoms with E-state index in [1.807, 2.05) is 51.1 Å². The number of hydrogen-bond donors (Lipinski definition) is 1. The summed E-state index contributed by atoms with van der Waals surface area (Å²) in [5, 5.41) is 2.81. The lowest BCUT2D eigenvalue weighted by atomic mass is 10.1. The van der Waals surface area contributed by atoms with Gasteiger partial charge < -0.3 is 5.32 Å². The maximum Gasteiger partial charge on any atom is 0.237 e. The summed E-state index contributed by atoms with van der Waals surface area (Å²) in [6.07, 6.45) is 0. The van der Waals surface area contributed by atoms with Crippen molar-refractivity contribution in [2.45, 2.75) is 30.4 Å². The Balaban J connectivity index is 1.69. The molecule has 0 aliphatic heterocycles. The maximum absolute atomic E-state index is 12.4. The van der Waals surface area contributed by atoms with Crippen LogP contribution in [0.2, 0.25) is 0 Å². The van der Waals surface area contributed by atoms with E-state index in [9.17, 15) is 4.79 Å². The van der Waals surface area contributed by atoms with Gasteiger partial charge in [0.05, 0.1) is 15.5 Å². The largest absolute Gasteiger partial charge is 0.325 e. The van der Waals surface area contributed by atoms with E-state index in [4.69, 9.17) is 0 Å². The minimum absolute atomic E-state index is 0.00112. The maximum atomic E-state index is 12.4. The highest BCUT2D eigenvalue weighted by Crippen LogP contribution is 2.32. The molecule has 1 aromatic heterocycles. The molecule has 3 nitrogen and oxygen atoms in total. The molecule has 1 atom stereocenters. The molecule has 0 radical (unpaired) electrons. The third kappa shape index (κ3) is 3.74. The van der Waals surface area contributed by atoms with Crippen molar-refractivity contribution in [2.24, 2.45) is 0 Å². The second-order valence-electron chi connectivity index (χ2n) is 5.52. The second kappa shape index (κ2) is 6.72. The molecular formula is C18H18N2OS2. The van der Waals surface area contributed by atoms with Crippen LogP contribution < -0.4 is 5.32 Å². The van der Waals surface area contributed by atoms with Crippen LogP contribution in [0.3, 0.4) is 0 Å². The van der Waals surface area contributed by atoms with Crippen molar-refractivity contribution in [1.29, 1.82) is 0 Å². The van der Waals surface area contributed by atoms with E-state index in [1.54, 1.807) is 11.3 Å². The molecule has 0 aliphatic carbocycles. The third-order valence-electron chi connectivity index (χ3n) is 3.56. The first kappa shape index (κ1) is 16.0.